The molecule has 7 heteroatoms. The predicted octanol–water partition coefficient (Wildman–Crippen LogP) is 5.31. The first-order valence-electron chi connectivity index (χ1n) is 10.1. The quantitative estimate of drug-likeness (QED) is 0.405. The van der Waals surface area contributed by atoms with Gasteiger partial charge >= 0.3 is 5.97 Å². The van der Waals surface area contributed by atoms with Crippen LogP contribution in [0.25, 0.3) is 11.3 Å². The molecule has 1 aromatic heterocycles. The van der Waals surface area contributed by atoms with Gasteiger partial charge in [0.1, 0.15) is 17.3 Å². The summed E-state index contributed by atoms with van der Waals surface area (Å²) in [6.07, 6.45) is 1.67. The number of carbonyl (C=O) groups is 2. The zero-order valence-corrected chi connectivity index (χ0v) is 17.4. The number of ether oxygens (including phenoxy) is 1. The zero-order valence-electron chi connectivity index (χ0n) is 17.4. The summed E-state index contributed by atoms with van der Waals surface area (Å²) in [6, 6.07) is 22.4. The lowest BCUT2D eigenvalue weighted by molar-refractivity contribution is 0.0696. The first-order chi connectivity index (χ1) is 16.0. The van der Waals surface area contributed by atoms with E-state index < -0.39 is 5.97 Å². The van der Waals surface area contributed by atoms with E-state index >= 15 is 0 Å². The van der Waals surface area contributed by atoms with E-state index in [1.807, 2.05) is 12.1 Å². The molecule has 0 aliphatic rings. The van der Waals surface area contributed by atoms with Gasteiger partial charge in [-0.25, -0.2) is 9.18 Å². The molecular weight excluding hydrogens is 423 g/mol. The van der Waals surface area contributed by atoms with Crippen LogP contribution in [-0.4, -0.2) is 22.0 Å². The van der Waals surface area contributed by atoms with Gasteiger partial charge < -0.3 is 15.2 Å². The van der Waals surface area contributed by atoms with E-state index in [0.717, 1.165) is 11.1 Å². The van der Waals surface area contributed by atoms with Crippen LogP contribution in [0.4, 0.5) is 4.39 Å². The van der Waals surface area contributed by atoms with Gasteiger partial charge in [-0.15, -0.1) is 0 Å². The Morgan fingerprint density at radius 1 is 0.939 bits per heavy atom. The highest BCUT2D eigenvalue weighted by Gasteiger charge is 2.16. The number of carbonyl (C=O) groups excluding carboxylic acids is 1. The normalized spacial score (nSPS) is 10.5. The van der Waals surface area contributed by atoms with Crippen LogP contribution in [0.15, 0.2) is 91.1 Å². The summed E-state index contributed by atoms with van der Waals surface area (Å²) < 4.78 is 19.1. The second-order valence-corrected chi connectivity index (χ2v) is 7.17. The lowest BCUT2D eigenvalue weighted by Gasteiger charge is -2.13. The number of carboxylic acid groups (broad SMARTS) is 1. The SMILES string of the molecule is O=C(O)c1ccc(CNC(=O)c2cc(-c3ccccn3)ccc2Oc2ccc(F)cc2)cc1. The molecule has 4 aromatic rings. The predicted molar refractivity (Wildman–Crippen MR) is 121 cm³/mol. The molecule has 0 unspecified atom stereocenters. The lowest BCUT2D eigenvalue weighted by atomic mass is 10.1. The molecule has 3 aromatic carbocycles. The molecule has 164 valence electrons. The van der Waals surface area contributed by atoms with Crippen LogP contribution in [-0.2, 0) is 6.54 Å². The summed E-state index contributed by atoms with van der Waals surface area (Å²) in [4.78, 5) is 28.4. The third-order valence-electron chi connectivity index (χ3n) is 4.88. The summed E-state index contributed by atoms with van der Waals surface area (Å²) in [5, 5.41) is 11.9. The smallest absolute Gasteiger partial charge is 0.335 e. The molecule has 0 saturated heterocycles. The number of halogens is 1. The molecule has 0 atom stereocenters. The maximum Gasteiger partial charge on any atom is 0.335 e. The van der Waals surface area contributed by atoms with Crippen LogP contribution < -0.4 is 10.1 Å². The second kappa shape index (κ2) is 9.74. The topological polar surface area (TPSA) is 88.5 Å². The van der Waals surface area contributed by atoms with Gasteiger partial charge in [-0.3, -0.25) is 9.78 Å². The molecule has 4 rings (SSSR count). The van der Waals surface area contributed by atoms with Gasteiger partial charge in [-0.05, 0) is 72.3 Å². The van der Waals surface area contributed by atoms with Crippen molar-refractivity contribution in [1.82, 2.24) is 10.3 Å². The van der Waals surface area contributed by atoms with E-state index in [1.54, 1.807) is 42.6 Å². The largest absolute Gasteiger partial charge is 0.478 e. The molecule has 2 N–H and O–H groups in total. The van der Waals surface area contributed by atoms with Crippen molar-refractivity contribution in [3.05, 3.63) is 114 Å². The Hall–Kier alpha value is -4.52. The van der Waals surface area contributed by atoms with Crippen molar-refractivity contribution in [3.63, 3.8) is 0 Å². The fraction of sp³-hybridized carbons (Fsp3) is 0.0385. The molecule has 33 heavy (non-hydrogen) atoms. The second-order valence-electron chi connectivity index (χ2n) is 7.17. The molecule has 0 aliphatic heterocycles. The Bertz CT molecular complexity index is 1270. The van der Waals surface area contributed by atoms with E-state index in [1.165, 1.54) is 36.4 Å². The van der Waals surface area contributed by atoms with Gasteiger partial charge in [0.25, 0.3) is 5.91 Å². The Labute approximate surface area is 189 Å². The third-order valence-corrected chi connectivity index (χ3v) is 4.88. The first-order valence-corrected chi connectivity index (χ1v) is 10.1. The molecule has 1 amide bonds. The Balaban J connectivity index is 1.60. The summed E-state index contributed by atoms with van der Waals surface area (Å²) in [6.45, 7) is 0.197. The van der Waals surface area contributed by atoms with Crippen LogP contribution in [0.3, 0.4) is 0 Å². The van der Waals surface area contributed by atoms with E-state index in [0.29, 0.717) is 17.2 Å². The maximum atomic E-state index is 13.2. The number of nitrogens with zero attached hydrogens (tertiary/aromatic N) is 1. The van der Waals surface area contributed by atoms with E-state index in [4.69, 9.17) is 9.84 Å². The van der Waals surface area contributed by atoms with Crippen molar-refractivity contribution < 1.29 is 23.8 Å². The highest BCUT2D eigenvalue weighted by Crippen LogP contribution is 2.30. The van der Waals surface area contributed by atoms with Crippen LogP contribution in [0.1, 0.15) is 26.3 Å². The number of hydrogen-bond acceptors (Lipinski definition) is 4. The summed E-state index contributed by atoms with van der Waals surface area (Å²) in [5.41, 5.74) is 2.63. The first kappa shape index (κ1) is 21.7. The number of amides is 1. The number of hydrogen-bond donors (Lipinski definition) is 2. The van der Waals surface area contributed by atoms with Gasteiger partial charge in [0.15, 0.2) is 0 Å². The molecule has 0 fully saturated rings. The van der Waals surface area contributed by atoms with Crippen molar-refractivity contribution >= 4 is 11.9 Å². The van der Waals surface area contributed by atoms with Gasteiger partial charge in [0.05, 0.1) is 16.8 Å². The van der Waals surface area contributed by atoms with Crippen LogP contribution in [0, 0.1) is 5.82 Å². The molecule has 6 nitrogen and oxygen atoms in total. The van der Waals surface area contributed by atoms with E-state index in [9.17, 15) is 14.0 Å². The molecule has 0 radical (unpaired) electrons. The molecule has 0 bridgehead atoms. The number of pyridine rings is 1. The number of aromatic carboxylic acids is 1. The summed E-state index contributed by atoms with van der Waals surface area (Å²) in [5.74, 6) is -1.09. The van der Waals surface area contributed by atoms with Crippen LogP contribution in [0.5, 0.6) is 11.5 Å². The highest BCUT2D eigenvalue weighted by atomic mass is 19.1. The zero-order chi connectivity index (χ0) is 23.2. The van der Waals surface area contributed by atoms with Crippen molar-refractivity contribution in [2.75, 3.05) is 0 Å². The minimum atomic E-state index is -1.01. The molecule has 0 aliphatic carbocycles. The standard InChI is InChI=1S/C26H19FN2O4/c27-20-9-11-21(12-10-20)33-24-13-8-19(23-3-1-2-14-28-23)15-22(24)25(30)29-16-17-4-6-18(7-5-17)26(31)32/h1-15H,16H2,(H,29,30)(H,31,32). The average molecular weight is 442 g/mol. The summed E-state index contributed by atoms with van der Waals surface area (Å²) >= 11 is 0. The minimum Gasteiger partial charge on any atom is -0.478 e. The van der Waals surface area contributed by atoms with Gasteiger partial charge in [0.2, 0.25) is 0 Å². The number of rotatable bonds is 7. The fourth-order valence-electron chi connectivity index (χ4n) is 3.16. The monoisotopic (exact) mass is 442 g/mol. The van der Waals surface area contributed by atoms with Crippen molar-refractivity contribution in [3.8, 4) is 22.8 Å². The number of carboxylic acids is 1. The Kier molecular flexibility index (Phi) is 6.40. The molecule has 1 heterocycles. The fourth-order valence-corrected chi connectivity index (χ4v) is 3.16. The molecular formula is C26H19FN2O4. The van der Waals surface area contributed by atoms with E-state index in [-0.39, 0.29) is 29.4 Å². The van der Waals surface area contributed by atoms with E-state index in [2.05, 4.69) is 10.3 Å². The minimum absolute atomic E-state index is 0.170. The van der Waals surface area contributed by atoms with Gasteiger partial charge in [-0.1, -0.05) is 18.2 Å². The van der Waals surface area contributed by atoms with Crippen molar-refractivity contribution in [1.29, 1.82) is 0 Å². The Morgan fingerprint density at radius 3 is 2.36 bits per heavy atom. The van der Waals surface area contributed by atoms with Gasteiger partial charge in [-0.2, -0.15) is 0 Å². The maximum absolute atomic E-state index is 13.2. The van der Waals surface area contributed by atoms with Crippen molar-refractivity contribution in [2.45, 2.75) is 6.54 Å². The highest BCUT2D eigenvalue weighted by molar-refractivity contribution is 5.98. The average Bonchev–Trinajstić information content (AvgIpc) is 2.85. The number of aromatic nitrogens is 1. The van der Waals surface area contributed by atoms with Crippen molar-refractivity contribution in [2.24, 2.45) is 0 Å². The summed E-state index contributed by atoms with van der Waals surface area (Å²) in [7, 11) is 0. The van der Waals surface area contributed by atoms with Gasteiger partial charge in [0, 0.05) is 18.3 Å². The number of benzene rings is 3. The lowest BCUT2D eigenvalue weighted by Crippen LogP contribution is -2.23. The third kappa shape index (κ3) is 5.40. The van der Waals surface area contributed by atoms with Crippen LogP contribution in [0.2, 0.25) is 0 Å². The Morgan fingerprint density at radius 2 is 1.70 bits per heavy atom. The number of nitrogens with one attached hydrogen (secondary N) is 1. The van der Waals surface area contributed by atoms with Crippen LogP contribution >= 0.6 is 0 Å². The molecule has 0 saturated carbocycles. The molecule has 0 spiro atoms.